The number of rotatable bonds is 5. The van der Waals surface area contributed by atoms with Gasteiger partial charge in [0.2, 0.25) is 5.91 Å². The topological polar surface area (TPSA) is 119 Å². The molecule has 3 heterocycles. The van der Waals surface area contributed by atoms with E-state index in [0.29, 0.717) is 24.9 Å². The molecule has 4 rings (SSSR count). The van der Waals surface area contributed by atoms with Crippen molar-refractivity contribution in [3.63, 3.8) is 0 Å². The largest absolute Gasteiger partial charge is 0.476 e. The lowest BCUT2D eigenvalue weighted by atomic mass is 10.0. The van der Waals surface area contributed by atoms with Crippen LogP contribution in [0.5, 0.6) is 0 Å². The molecule has 1 aliphatic heterocycles. The van der Waals surface area contributed by atoms with Crippen LogP contribution in [0, 0.1) is 0 Å². The van der Waals surface area contributed by atoms with E-state index in [4.69, 9.17) is 0 Å². The minimum absolute atomic E-state index is 0.00275. The zero-order valence-electron chi connectivity index (χ0n) is 15.3. The SMILES string of the molecule is Cn1nc(C(=O)O)c2c1CCN(C(=O)C(Cc1ccccc1)n1cnnn1)C2. The average Bonchev–Trinajstić information content (AvgIpc) is 3.34. The Morgan fingerprint density at radius 3 is 2.71 bits per heavy atom. The maximum atomic E-state index is 13.3. The fourth-order valence-electron chi connectivity index (χ4n) is 3.61. The molecule has 0 saturated carbocycles. The fourth-order valence-corrected chi connectivity index (χ4v) is 3.61. The molecule has 0 radical (unpaired) electrons. The van der Waals surface area contributed by atoms with Gasteiger partial charge in [0.1, 0.15) is 12.4 Å². The Bertz CT molecular complexity index is 998. The molecule has 0 bridgehead atoms. The molecule has 28 heavy (non-hydrogen) atoms. The predicted molar refractivity (Wildman–Crippen MR) is 96.3 cm³/mol. The highest BCUT2D eigenvalue weighted by Gasteiger charge is 2.33. The quantitative estimate of drug-likeness (QED) is 0.682. The van der Waals surface area contributed by atoms with Crippen LogP contribution in [0.4, 0.5) is 0 Å². The zero-order valence-corrected chi connectivity index (χ0v) is 15.3. The van der Waals surface area contributed by atoms with Gasteiger partial charge >= 0.3 is 5.97 Å². The number of aromatic nitrogens is 6. The van der Waals surface area contributed by atoms with E-state index in [1.807, 2.05) is 30.3 Å². The van der Waals surface area contributed by atoms with E-state index in [1.165, 1.54) is 11.0 Å². The molecule has 1 amide bonds. The maximum absolute atomic E-state index is 13.3. The molecule has 0 spiro atoms. The van der Waals surface area contributed by atoms with E-state index in [1.54, 1.807) is 16.6 Å². The highest BCUT2D eigenvalue weighted by Crippen LogP contribution is 2.25. The highest BCUT2D eigenvalue weighted by atomic mass is 16.4. The summed E-state index contributed by atoms with van der Waals surface area (Å²) in [5.74, 6) is -1.24. The highest BCUT2D eigenvalue weighted by molar-refractivity contribution is 5.88. The molecule has 1 N–H and O–H groups in total. The molecule has 144 valence electrons. The van der Waals surface area contributed by atoms with Crippen LogP contribution in [0.3, 0.4) is 0 Å². The summed E-state index contributed by atoms with van der Waals surface area (Å²) in [6, 6.07) is 9.03. The standard InChI is InChI=1S/C18H19N7O3/c1-23-14-7-8-24(10-13(14)16(20-23)18(27)28)17(26)15(25-11-19-21-22-25)9-12-5-3-2-4-6-12/h2-6,11,15H,7-10H2,1H3,(H,27,28). The number of aromatic carboxylic acids is 1. The first-order chi connectivity index (χ1) is 13.5. The van der Waals surface area contributed by atoms with Gasteiger partial charge in [0.05, 0.1) is 0 Å². The van der Waals surface area contributed by atoms with E-state index in [2.05, 4.69) is 20.6 Å². The Morgan fingerprint density at radius 2 is 2.04 bits per heavy atom. The van der Waals surface area contributed by atoms with Crippen molar-refractivity contribution in [2.24, 2.45) is 7.05 Å². The molecular formula is C18H19N7O3. The van der Waals surface area contributed by atoms with Gasteiger partial charge in [-0.15, -0.1) is 5.10 Å². The van der Waals surface area contributed by atoms with Crippen molar-refractivity contribution in [3.05, 3.63) is 59.2 Å². The summed E-state index contributed by atoms with van der Waals surface area (Å²) in [6.07, 6.45) is 2.41. The fraction of sp³-hybridized carbons (Fsp3) is 0.333. The lowest BCUT2D eigenvalue weighted by molar-refractivity contribution is -0.136. The van der Waals surface area contributed by atoms with Gasteiger partial charge in [-0.2, -0.15) is 5.10 Å². The number of tetrazole rings is 1. The Balaban J connectivity index is 1.62. The normalized spacial score (nSPS) is 14.5. The summed E-state index contributed by atoms with van der Waals surface area (Å²) in [5.41, 5.74) is 2.42. The lowest BCUT2D eigenvalue weighted by Gasteiger charge is -2.30. The molecule has 0 saturated heterocycles. The number of amides is 1. The van der Waals surface area contributed by atoms with Crippen molar-refractivity contribution in [1.29, 1.82) is 0 Å². The summed E-state index contributed by atoms with van der Waals surface area (Å²) >= 11 is 0. The number of nitrogens with zero attached hydrogens (tertiary/aromatic N) is 7. The smallest absolute Gasteiger partial charge is 0.356 e. The Kier molecular flexibility index (Phi) is 4.60. The van der Waals surface area contributed by atoms with Crippen LogP contribution in [-0.4, -0.2) is 58.4 Å². The zero-order chi connectivity index (χ0) is 19.7. The predicted octanol–water partition coefficient (Wildman–Crippen LogP) is 0.473. The van der Waals surface area contributed by atoms with E-state index in [-0.39, 0.29) is 18.1 Å². The van der Waals surface area contributed by atoms with E-state index in [0.717, 1.165) is 11.3 Å². The van der Waals surface area contributed by atoms with Crippen LogP contribution in [0.1, 0.15) is 33.4 Å². The van der Waals surface area contributed by atoms with Gasteiger partial charge in [0, 0.05) is 44.2 Å². The number of hydrogen-bond donors (Lipinski definition) is 1. The monoisotopic (exact) mass is 381 g/mol. The lowest BCUT2D eigenvalue weighted by Crippen LogP contribution is -2.42. The second kappa shape index (κ2) is 7.22. The van der Waals surface area contributed by atoms with Crippen molar-refractivity contribution in [2.75, 3.05) is 6.54 Å². The molecule has 10 heteroatoms. The minimum Gasteiger partial charge on any atom is -0.476 e. The Morgan fingerprint density at radius 1 is 1.25 bits per heavy atom. The third-order valence-corrected chi connectivity index (χ3v) is 5.00. The number of benzene rings is 1. The summed E-state index contributed by atoms with van der Waals surface area (Å²) in [5, 5.41) is 24.8. The van der Waals surface area contributed by atoms with Gasteiger partial charge in [-0.3, -0.25) is 9.48 Å². The number of aryl methyl sites for hydroxylation is 1. The van der Waals surface area contributed by atoms with Crippen LogP contribution >= 0.6 is 0 Å². The molecule has 10 nitrogen and oxygen atoms in total. The van der Waals surface area contributed by atoms with Crippen LogP contribution in [-0.2, 0) is 31.2 Å². The number of carbonyl (C=O) groups is 2. The number of hydrogen-bond acceptors (Lipinski definition) is 6. The van der Waals surface area contributed by atoms with E-state index in [9.17, 15) is 14.7 Å². The van der Waals surface area contributed by atoms with E-state index < -0.39 is 12.0 Å². The summed E-state index contributed by atoms with van der Waals surface area (Å²) < 4.78 is 3.04. The third-order valence-electron chi connectivity index (χ3n) is 5.00. The third kappa shape index (κ3) is 3.24. The van der Waals surface area contributed by atoms with Gasteiger partial charge in [-0.05, 0) is 16.0 Å². The van der Waals surface area contributed by atoms with Crippen molar-refractivity contribution in [1.82, 2.24) is 34.9 Å². The molecule has 1 unspecified atom stereocenters. The molecule has 0 fully saturated rings. The molecule has 3 aromatic rings. The minimum atomic E-state index is -1.09. The van der Waals surface area contributed by atoms with Crippen LogP contribution in [0.25, 0.3) is 0 Å². The number of fused-ring (bicyclic) bond motifs is 1. The summed E-state index contributed by atoms with van der Waals surface area (Å²) in [7, 11) is 1.72. The summed E-state index contributed by atoms with van der Waals surface area (Å²) in [6.45, 7) is 0.689. The van der Waals surface area contributed by atoms with Gasteiger partial charge < -0.3 is 10.0 Å². The van der Waals surface area contributed by atoms with Crippen molar-refractivity contribution >= 4 is 11.9 Å². The number of carbonyl (C=O) groups excluding carboxylic acids is 1. The number of carboxylic acid groups (broad SMARTS) is 1. The molecule has 1 aliphatic rings. The molecular weight excluding hydrogens is 362 g/mol. The van der Waals surface area contributed by atoms with Crippen LogP contribution in [0.15, 0.2) is 36.7 Å². The molecule has 0 aliphatic carbocycles. The van der Waals surface area contributed by atoms with Gasteiger partial charge in [0.15, 0.2) is 5.69 Å². The van der Waals surface area contributed by atoms with Crippen LogP contribution in [0.2, 0.25) is 0 Å². The van der Waals surface area contributed by atoms with Gasteiger partial charge in [0.25, 0.3) is 0 Å². The van der Waals surface area contributed by atoms with E-state index >= 15 is 0 Å². The summed E-state index contributed by atoms with van der Waals surface area (Å²) in [4.78, 5) is 26.5. The van der Waals surface area contributed by atoms with Gasteiger partial charge in [-0.25, -0.2) is 9.48 Å². The second-order valence-electron chi connectivity index (χ2n) is 6.71. The Hall–Kier alpha value is -3.56. The molecule has 1 aromatic carbocycles. The van der Waals surface area contributed by atoms with Crippen molar-refractivity contribution in [3.8, 4) is 0 Å². The second-order valence-corrected chi connectivity index (χ2v) is 6.71. The molecule has 1 atom stereocenters. The first kappa shape index (κ1) is 17.8. The van der Waals surface area contributed by atoms with Gasteiger partial charge in [-0.1, -0.05) is 30.3 Å². The number of carboxylic acids is 1. The van der Waals surface area contributed by atoms with Crippen molar-refractivity contribution in [2.45, 2.75) is 25.4 Å². The Labute approximate surface area is 160 Å². The first-order valence-electron chi connectivity index (χ1n) is 8.88. The average molecular weight is 381 g/mol. The maximum Gasteiger partial charge on any atom is 0.356 e. The van der Waals surface area contributed by atoms with Crippen LogP contribution < -0.4 is 0 Å². The molecule has 2 aromatic heterocycles. The van der Waals surface area contributed by atoms with Crippen molar-refractivity contribution < 1.29 is 14.7 Å². The first-order valence-corrected chi connectivity index (χ1v) is 8.88.